The first-order chi connectivity index (χ1) is 9.49. The lowest BCUT2D eigenvalue weighted by Crippen LogP contribution is -1.98. The zero-order chi connectivity index (χ0) is 14.7. The lowest BCUT2D eigenvalue weighted by Gasteiger charge is -2.04. The van der Waals surface area contributed by atoms with Gasteiger partial charge in [0.15, 0.2) is 5.78 Å². The van der Waals surface area contributed by atoms with Crippen LogP contribution in [0.3, 0.4) is 0 Å². The molecule has 0 spiro atoms. The predicted molar refractivity (Wildman–Crippen MR) is 85.7 cm³/mol. The average molecular weight is 305 g/mol. The van der Waals surface area contributed by atoms with Gasteiger partial charge in [-0.3, -0.25) is 4.79 Å². The number of ketones is 1. The predicted octanol–water partition coefficient (Wildman–Crippen LogP) is 5.51. The van der Waals surface area contributed by atoms with Crippen molar-refractivity contribution in [1.29, 1.82) is 0 Å². The Bertz CT molecular complexity index is 667. The number of carbonyl (C=O) groups is 1. The highest BCUT2D eigenvalue weighted by Gasteiger charge is 2.07. The van der Waals surface area contributed by atoms with Gasteiger partial charge in [0.05, 0.1) is 0 Å². The molecule has 2 rings (SSSR count). The van der Waals surface area contributed by atoms with E-state index in [1.54, 1.807) is 24.3 Å². The zero-order valence-corrected chi connectivity index (χ0v) is 12.8. The Morgan fingerprint density at radius 2 is 1.70 bits per heavy atom. The van der Waals surface area contributed by atoms with Gasteiger partial charge >= 0.3 is 0 Å². The van der Waals surface area contributed by atoms with Crippen LogP contribution in [0.2, 0.25) is 10.0 Å². The SMILES string of the molecule is Cc1ccc(C(=O)/C=C/c2c(Cl)cccc2Cl)c(C)c1. The molecule has 0 aromatic heterocycles. The minimum Gasteiger partial charge on any atom is -0.289 e. The number of allylic oxidation sites excluding steroid dienone is 1. The van der Waals surface area contributed by atoms with Gasteiger partial charge in [-0.05, 0) is 43.7 Å². The van der Waals surface area contributed by atoms with Gasteiger partial charge in [0.1, 0.15) is 0 Å². The number of carbonyl (C=O) groups excluding carboxylic acids is 1. The number of hydrogen-bond acceptors (Lipinski definition) is 1. The molecular formula is C17H14Cl2O. The maximum Gasteiger partial charge on any atom is 0.186 e. The summed E-state index contributed by atoms with van der Waals surface area (Å²) in [6.45, 7) is 3.93. The van der Waals surface area contributed by atoms with E-state index >= 15 is 0 Å². The van der Waals surface area contributed by atoms with Gasteiger partial charge in [0.25, 0.3) is 0 Å². The van der Waals surface area contributed by atoms with Crippen molar-refractivity contribution in [2.45, 2.75) is 13.8 Å². The third-order valence-electron chi connectivity index (χ3n) is 3.05. The molecule has 0 heterocycles. The van der Waals surface area contributed by atoms with Crippen molar-refractivity contribution in [2.75, 3.05) is 0 Å². The first-order valence-electron chi connectivity index (χ1n) is 6.22. The van der Waals surface area contributed by atoms with E-state index in [2.05, 4.69) is 0 Å². The first kappa shape index (κ1) is 14.8. The standard InChI is InChI=1S/C17H14Cl2O/c1-11-6-7-13(12(2)10-11)17(20)9-8-14-15(18)4-3-5-16(14)19/h3-10H,1-2H3/b9-8+. The highest BCUT2D eigenvalue weighted by molar-refractivity contribution is 6.37. The van der Waals surface area contributed by atoms with E-state index < -0.39 is 0 Å². The Morgan fingerprint density at radius 3 is 2.30 bits per heavy atom. The normalized spacial score (nSPS) is 11.0. The molecule has 0 saturated carbocycles. The van der Waals surface area contributed by atoms with E-state index in [4.69, 9.17) is 23.2 Å². The van der Waals surface area contributed by atoms with Crippen LogP contribution in [0.1, 0.15) is 27.0 Å². The second kappa shape index (κ2) is 6.25. The van der Waals surface area contributed by atoms with Crippen LogP contribution in [0.15, 0.2) is 42.5 Å². The summed E-state index contributed by atoms with van der Waals surface area (Å²) < 4.78 is 0. The second-order valence-electron chi connectivity index (χ2n) is 4.65. The van der Waals surface area contributed by atoms with Crippen LogP contribution in [0.4, 0.5) is 0 Å². The van der Waals surface area contributed by atoms with E-state index in [1.165, 1.54) is 6.08 Å². The lowest BCUT2D eigenvalue weighted by molar-refractivity contribution is 0.104. The summed E-state index contributed by atoms with van der Waals surface area (Å²) in [5.74, 6) is -0.0570. The van der Waals surface area contributed by atoms with Gasteiger partial charge < -0.3 is 0 Å². The molecule has 0 fully saturated rings. The van der Waals surface area contributed by atoms with Crippen molar-refractivity contribution in [3.8, 4) is 0 Å². The number of rotatable bonds is 3. The summed E-state index contributed by atoms with van der Waals surface area (Å²) in [7, 11) is 0. The van der Waals surface area contributed by atoms with Crippen LogP contribution in [-0.4, -0.2) is 5.78 Å². The van der Waals surface area contributed by atoms with Crippen molar-refractivity contribution in [3.05, 3.63) is 74.8 Å². The van der Waals surface area contributed by atoms with E-state index in [9.17, 15) is 4.79 Å². The lowest BCUT2D eigenvalue weighted by atomic mass is 10.0. The molecule has 0 saturated heterocycles. The number of hydrogen-bond donors (Lipinski definition) is 0. The molecule has 0 bridgehead atoms. The summed E-state index contributed by atoms with van der Waals surface area (Å²) in [5, 5.41) is 1.06. The van der Waals surface area contributed by atoms with Gasteiger partial charge in [0, 0.05) is 21.2 Å². The Labute approximate surface area is 128 Å². The van der Waals surface area contributed by atoms with Crippen LogP contribution >= 0.6 is 23.2 Å². The molecule has 0 unspecified atom stereocenters. The fourth-order valence-corrected chi connectivity index (χ4v) is 2.53. The van der Waals surface area contributed by atoms with Gasteiger partial charge in [-0.15, -0.1) is 0 Å². The molecule has 0 aliphatic carbocycles. The van der Waals surface area contributed by atoms with Crippen LogP contribution in [-0.2, 0) is 0 Å². The Kier molecular flexibility index (Phi) is 4.64. The third-order valence-corrected chi connectivity index (χ3v) is 3.71. The maximum absolute atomic E-state index is 12.2. The fraction of sp³-hybridized carbons (Fsp3) is 0.118. The van der Waals surface area contributed by atoms with Crippen molar-refractivity contribution >= 4 is 35.1 Å². The molecule has 0 aliphatic rings. The average Bonchev–Trinajstić information content (AvgIpc) is 2.37. The van der Waals surface area contributed by atoms with Crippen LogP contribution in [0, 0.1) is 13.8 Å². The van der Waals surface area contributed by atoms with Gasteiger partial charge in [0.2, 0.25) is 0 Å². The molecule has 0 atom stereocenters. The van der Waals surface area contributed by atoms with Gasteiger partial charge in [-0.25, -0.2) is 0 Å². The summed E-state index contributed by atoms with van der Waals surface area (Å²) >= 11 is 12.1. The van der Waals surface area contributed by atoms with Crippen molar-refractivity contribution < 1.29 is 4.79 Å². The molecule has 0 N–H and O–H groups in total. The van der Waals surface area contributed by atoms with Gasteiger partial charge in [-0.2, -0.15) is 0 Å². The van der Waals surface area contributed by atoms with E-state index in [0.717, 1.165) is 11.1 Å². The fourth-order valence-electron chi connectivity index (χ4n) is 2.01. The van der Waals surface area contributed by atoms with Gasteiger partial charge in [-0.1, -0.05) is 53.0 Å². The van der Waals surface area contributed by atoms with Crippen molar-refractivity contribution in [1.82, 2.24) is 0 Å². The van der Waals surface area contributed by atoms with E-state index in [-0.39, 0.29) is 5.78 Å². The molecule has 0 radical (unpaired) electrons. The zero-order valence-electron chi connectivity index (χ0n) is 11.3. The van der Waals surface area contributed by atoms with Crippen molar-refractivity contribution in [3.63, 3.8) is 0 Å². The summed E-state index contributed by atoms with van der Waals surface area (Å²) in [4.78, 5) is 12.2. The number of halogens is 2. The Morgan fingerprint density at radius 1 is 1.05 bits per heavy atom. The first-order valence-corrected chi connectivity index (χ1v) is 6.98. The molecule has 0 amide bonds. The Balaban J connectivity index is 2.30. The molecule has 20 heavy (non-hydrogen) atoms. The third kappa shape index (κ3) is 3.30. The summed E-state index contributed by atoms with van der Waals surface area (Å²) in [6.07, 6.45) is 3.16. The molecule has 102 valence electrons. The highest BCUT2D eigenvalue weighted by atomic mass is 35.5. The smallest absolute Gasteiger partial charge is 0.186 e. The number of benzene rings is 2. The van der Waals surface area contributed by atoms with Crippen LogP contribution in [0.5, 0.6) is 0 Å². The molecule has 1 nitrogen and oxygen atoms in total. The molecule has 0 aliphatic heterocycles. The second-order valence-corrected chi connectivity index (χ2v) is 5.47. The van der Waals surface area contributed by atoms with Crippen molar-refractivity contribution in [2.24, 2.45) is 0 Å². The summed E-state index contributed by atoms with van der Waals surface area (Å²) in [6, 6.07) is 11.0. The van der Waals surface area contributed by atoms with E-state index in [1.807, 2.05) is 32.0 Å². The molecular weight excluding hydrogens is 291 g/mol. The highest BCUT2D eigenvalue weighted by Crippen LogP contribution is 2.25. The topological polar surface area (TPSA) is 17.1 Å². The molecule has 3 heteroatoms. The van der Waals surface area contributed by atoms with E-state index in [0.29, 0.717) is 21.2 Å². The quantitative estimate of drug-likeness (QED) is 0.540. The summed E-state index contributed by atoms with van der Waals surface area (Å²) in [5.41, 5.74) is 3.45. The van der Waals surface area contributed by atoms with Crippen LogP contribution in [0.25, 0.3) is 6.08 Å². The minimum absolute atomic E-state index is 0.0570. The minimum atomic E-state index is -0.0570. The monoisotopic (exact) mass is 304 g/mol. The molecule has 2 aromatic carbocycles. The maximum atomic E-state index is 12.2. The molecule has 2 aromatic rings. The number of aryl methyl sites for hydroxylation is 2. The van der Waals surface area contributed by atoms with Crippen LogP contribution < -0.4 is 0 Å². The largest absolute Gasteiger partial charge is 0.289 e. The Hall–Kier alpha value is -1.57.